The molecule has 0 aliphatic rings. The van der Waals surface area contributed by atoms with Crippen LogP contribution in [0.1, 0.15) is 128 Å². The topological polar surface area (TPSA) is 106 Å². The van der Waals surface area contributed by atoms with Crippen molar-refractivity contribution in [3.8, 4) is 0 Å². The summed E-state index contributed by atoms with van der Waals surface area (Å²) in [5.41, 5.74) is 0. The zero-order valence-electron chi connectivity index (χ0n) is 17.4. The molecule has 0 aromatic rings. The van der Waals surface area contributed by atoms with Crippen LogP contribution in [0.5, 0.6) is 0 Å². The fourth-order valence-corrected chi connectivity index (χ4v) is 3.38. The third-order valence-corrected chi connectivity index (χ3v) is 5.03. The third-order valence-electron chi connectivity index (χ3n) is 5.03. The van der Waals surface area contributed by atoms with Crippen molar-refractivity contribution in [2.24, 2.45) is 0 Å². The van der Waals surface area contributed by atoms with Crippen molar-refractivity contribution < 1.29 is 25.3 Å². The van der Waals surface area contributed by atoms with Gasteiger partial charge in [0.25, 0.3) is 0 Å². The van der Waals surface area contributed by atoms with Crippen molar-refractivity contribution in [3.05, 3.63) is 0 Å². The first kappa shape index (κ1) is 28.1. The number of rotatable bonds is 21. The van der Waals surface area contributed by atoms with Crippen LogP contribution >= 0.6 is 0 Å². The molecule has 4 N–H and O–H groups in total. The molecular formula is C22H44O5. The Balaban J connectivity index is 0. The van der Waals surface area contributed by atoms with Crippen molar-refractivity contribution in [3.63, 3.8) is 0 Å². The molecule has 5 heteroatoms. The summed E-state index contributed by atoms with van der Waals surface area (Å²) in [5.74, 6) is -1.34. The Bertz CT molecular complexity index is 299. The number of hydrogen-bond acceptors (Lipinski definition) is 2. The van der Waals surface area contributed by atoms with Crippen LogP contribution in [-0.2, 0) is 9.59 Å². The van der Waals surface area contributed by atoms with Crippen LogP contribution in [0.4, 0.5) is 0 Å². The molecule has 0 aliphatic heterocycles. The summed E-state index contributed by atoms with van der Waals surface area (Å²) in [4.78, 5) is 20.8. The predicted molar refractivity (Wildman–Crippen MR) is 111 cm³/mol. The van der Waals surface area contributed by atoms with E-state index in [0.717, 1.165) is 25.7 Å². The van der Waals surface area contributed by atoms with Crippen molar-refractivity contribution in [2.45, 2.75) is 128 Å². The van der Waals surface area contributed by atoms with E-state index in [9.17, 15) is 9.59 Å². The normalized spacial score (nSPS) is 10.5. The minimum Gasteiger partial charge on any atom is -0.481 e. The molecular weight excluding hydrogens is 344 g/mol. The van der Waals surface area contributed by atoms with Gasteiger partial charge >= 0.3 is 11.9 Å². The van der Waals surface area contributed by atoms with Gasteiger partial charge < -0.3 is 15.7 Å². The van der Waals surface area contributed by atoms with Gasteiger partial charge in [0.1, 0.15) is 0 Å². The third kappa shape index (κ3) is 27.2. The molecule has 5 nitrogen and oxygen atoms in total. The molecule has 0 bridgehead atoms. The van der Waals surface area contributed by atoms with Gasteiger partial charge in [-0.15, -0.1) is 0 Å². The molecule has 0 saturated carbocycles. The van der Waals surface area contributed by atoms with Gasteiger partial charge in [-0.1, -0.05) is 103 Å². The van der Waals surface area contributed by atoms with Gasteiger partial charge in [0.2, 0.25) is 0 Å². The average Bonchev–Trinajstić information content (AvgIpc) is 2.59. The summed E-state index contributed by atoms with van der Waals surface area (Å²) in [6.45, 7) is 0. The molecule has 162 valence electrons. The molecule has 0 unspecified atom stereocenters. The summed E-state index contributed by atoms with van der Waals surface area (Å²) < 4.78 is 0. The van der Waals surface area contributed by atoms with Gasteiger partial charge in [-0.05, 0) is 12.8 Å². The minimum absolute atomic E-state index is 0. The van der Waals surface area contributed by atoms with E-state index in [4.69, 9.17) is 10.2 Å². The van der Waals surface area contributed by atoms with Gasteiger partial charge in [-0.25, -0.2) is 0 Å². The lowest BCUT2D eigenvalue weighted by atomic mass is 10.0. The number of hydrogen-bond donors (Lipinski definition) is 2. The maximum Gasteiger partial charge on any atom is 0.303 e. The molecule has 0 saturated heterocycles. The van der Waals surface area contributed by atoms with E-state index in [1.807, 2.05) is 0 Å². The molecule has 0 radical (unpaired) electrons. The minimum atomic E-state index is -0.669. The van der Waals surface area contributed by atoms with Crippen LogP contribution in [0.2, 0.25) is 0 Å². The number of carbonyl (C=O) groups is 2. The Labute approximate surface area is 166 Å². The molecule has 0 atom stereocenters. The lowest BCUT2D eigenvalue weighted by Crippen LogP contribution is -1.93. The summed E-state index contributed by atoms with van der Waals surface area (Å²) in [5, 5.41) is 17.1. The first-order valence-electron chi connectivity index (χ1n) is 11.1. The van der Waals surface area contributed by atoms with Crippen LogP contribution in [-0.4, -0.2) is 27.6 Å². The summed E-state index contributed by atoms with van der Waals surface area (Å²) >= 11 is 0. The molecule has 0 aromatic heterocycles. The fraction of sp³-hybridized carbons (Fsp3) is 0.909. The van der Waals surface area contributed by atoms with Gasteiger partial charge in [-0.3, -0.25) is 9.59 Å². The average molecular weight is 389 g/mol. The second kappa shape index (κ2) is 22.9. The lowest BCUT2D eigenvalue weighted by molar-refractivity contribution is -0.138. The van der Waals surface area contributed by atoms with Crippen LogP contribution in [0.15, 0.2) is 0 Å². The Morgan fingerprint density at radius 2 is 0.519 bits per heavy atom. The highest BCUT2D eigenvalue weighted by Gasteiger charge is 1.98. The molecule has 0 fully saturated rings. The van der Waals surface area contributed by atoms with Crippen molar-refractivity contribution in [1.29, 1.82) is 0 Å². The molecule has 0 spiro atoms. The number of carboxylic acids is 2. The second-order valence-corrected chi connectivity index (χ2v) is 7.65. The highest BCUT2D eigenvalue weighted by Crippen LogP contribution is 2.14. The lowest BCUT2D eigenvalue weighted by Gasteiger charge is -2.03. The first-order chi connectivity index (χ1) is 12.6. The van der Waals surface area contributed by atoms with E-state index in [0.29, 0.717) is 12.8 Å². The zero-order valence-corrected chi connectivity index (χ0v) is 17.4. The molecule has 0 amide bonds. The summed E-state index contributed by atoms with van der Waals surface area (Å²) in [7, 11) is 0. The van der Waals surface area contributed by atoms with Crippen molar-refractivity contribution in [2.75, 3.05) is 0 Å². The summed E-state index contributed by atoms with van der Waals surface area (Å²) in [6, 6.07) is 0. The molecule has 0 aromatic carbocycles. The molecule has 0 heterocycles. The zero-order chi connectivity index (χ0) is 19.3. The van der Waals surface area contributed by atoms with E-state index in [1.165, 1.54) is 89.9 Å². The monoisotopic (exact) mass is 388 g/mol. The smallest absolute Gasteiger partial charge is 0.303 e. The predicted octanol–water partition coefficient (Wildman–Crippen LogP) is 6.13. The van der Waals surface area contributed by atoms with E-state index >= 15 is 0 Å². The number of aliphatic carboxylic acids is 2. The number of unbranched alkanes of at least 4 members (excludes halogenated alkanes) is 17. The van der Waals surface area contributed by atoms with Gasteiger partial charge in [0, 0.05) is 12.8 Å². The van der Waals surface area contributed by atoms with Crippen molar-refractivity contribution in [1.82, 2.24) is 0 Å². The number of carboxylic acid groups (broad SMARTS) is 2. The van der Waals surface area contributed by atoms with Crippen LogP contribution in [0, 0.1) is 0 Å². The Hall–Kier alpha value is -1.10. The summed E-state index contributed by atoms with van der Waals surface area (Å²) in [6.07, 6.45) is 22.8. The Morgan fingerprint density at radius 3 is 0.667 bits per heavy atom. The van der Waals surface area contributed by atoms with Crippen molar-refractivity contribution >= 4 is 11.9 Å². The van der Waals surface area contributed by atoms with Crippen LogP contribution in [0.3, 0.4) is 0 Å². The highest BCUT2D eigenvalue weighted by atomic mass is 16.4. The quantitative estimate of drug-likeness (QED) is 0.230. The Kier molecular flexibility index (Phi) is 23.9. The molecule has 0 aliphatic carbocycles. The maximum absolute atomic E-state index is 10.4. The van der Waals surface area contributed by atoms with E-state index in [2.05, 4.69) is 0 Å². The first-order valence-corrected chi connectivity index (χ1v) is 11.1. The van der Waals surface area contributed by atoms with E-state index in [-0.39, 0.29) is 5.48 Å². The second-order valence-electron chi connectivity index (χ2n) is 7.65. The SMILES string of the molecule is O.O=C(O)CCCCCCCCCCCCCCCCCCCCC(=O)O. The molecule has 0 rings (SSSR count). The standard InChI is InChI=1S/C22H42O4.H2O/c23-21(24)19-17-15-13-11-9-7-5-3-1-2-4-6-8-10-12-14-16-18-20-22(25)26;/h1-20H2,(H,23,24)(H,25,26);1H2. The van der Waals surface area contributed by atoms with Gasteiger partial charge in [-0.2, -0.15) is 0 Å². The molecule has 27 heavy (non-hydrogen) atoms. The van der Waals surface area contributed by atoms with Gasteiger partial charge in [0.15, 0.2) is 0 Å². The largest absolute Gasteiger partial charge is 0.481 e. The van der Waals surface area contributed by atoms with Crippen LogP contribution < -0.4 is 0 Å². The van der Waals surface area contributed by atoms with Crippen LogP contribution in [0.25, 0.3) is 0 Å². The maximum atomic E-state index is 10.4. The van der Waals surface area contributed by atoms with E-state index in [1.54, 1.807) is 0 Å². The Morgan fingerprint density at radius 1 is 0.370 bits per heavy atom. The fourth-order valence-electron chi connectivity index (χ4n) is 3.38. The van der Waals surface area contributed by atoms with E-state index < -0.39 is 11.9 Å². The van der Waals surface area contributed by atoms with Gasteiger partial charge in [0.05, 0.1) is 0 Å². The highest BCUT2D eigenvalue weighted by molar-refractivity contribution is 5.66.